The minimum atomic E-state index is -3.37. The molecule has 0 spiro atoms. The number of sulfonamides is 2. The Morgan fingerprint density at radius 2 is 1.00 bits per heavy atom. The van der Waals surface area contributed by atoms with E-state index in [0.717, 1.165) is 0 Å². The maximum atomic E-state index is 10.8. The minimum Gasteiger partial charge on any atom is -0.228 e. The van der Waals surface area contributed by atoms with Gasteiger partial charge in [-0.3, -0.25) is 0 Å². The highest BCUT2D eigenvalue weighted by Gasteiger charge is 2.22. The monoisotopic (exact) mass is 354 g/mol. The van der Waals surface area contributed by atoms with Crippen LogP contribution in [-0.2, 0) is 20.0 Å². The molecule has 0 aliphatic heterocycles. The van der Waals surface area contributed by atoms with Crippen LogP contribution in [-0.4, -0.2) is 27.3 Å². The van der Waals surface area contributed by atoms with Gasteiger partial charge in [-0.05, 0) is 38.5 Å². The molecule has 6 nitrogen and oxygen atoms in total. The summed E-state index contributed by atoms with van der Waals surface area (Å²) in [6.45, 7) is 14.0. The highest BCUT2D eigenvalue weighted by Crippen LogP contribution is 2.14. The molecule has 22 heavy (non-hydrogen) atoms. The van der Waals surface area contributed by atoms with Crippen molar-refractivity contribution in [1.29, 1.82) is 0 Å². The van der Waals surface area contributed by atoms with E-state index in [1.165, 1.54) is 0 Å². The lowest BCUT2D eigenvalue weighted by Crippen LogP contribution is -2.31. The Hall–Kier alpha value is -0.700. The molecular weight excluding hydrogens is 324 g/mol. The van der Waals surface area contributed by atoms with Crippen LogP contribution >= 0.6 is 0 Å². The van der Waals surface area contributed by atoms with Crippen molar-refractivity contribution in [3.05, 3.63) is 25.3 Å². The number of primary sulfonamides is 2. The maximum Gasteiger partial charge on any atom is 0.211 e. The van der Waals surface area contributed by atoms with Crippen molar-refractivity contribution in [3.8, 4) is 0 Å². The normalized spacial score (nSPS) is 17.4. The van der Waals surface area contributed by atoms with E-state index in [4.69, 9.17) is 10.3 Å². The molecule has 0 amide bonds. The van der Waals surface area contributed by atoms with Gasteiger partial charge in [0.05, 0.1) is 10.5 Å². The van der Waals surface area contributed by atoms with Crippen molar-refractivity contribution in [2.75, 3.05) is 0 Å². The third-order valence-electron chi connectivity index (χ3n) is 3.72. The second kappa shape index (κ2) is 10.1. The molecule has 0 aromatic rings. The topological polar surface area (TPSA) is 120 Å². The van der Waals surface area contributed by atoms with Crippen LogP contribution < -0.4 is 10.3 Å². The maximum absolute atomic E-state index is 10.8. The summed E-state index contributed by atoms with van der Waals surface area (Å²) in [7, 11) is -6.74. The Kier molecular flexibility index (Phi) is 10.9. The highest BCUT2D eigenvalue weighted by atomic mass is 32.2. The zero-order valence-electron chi connectivity index (χ0n) is 13.9. The first-order valence-electron chi connectivity index (χ1n) is 7.04. The summed E-state index contributed by atoms with van der Waals surface area (Å²) in [5.41, 5.74) is 0. The predicted molar refractivity (Wildman–Crippen MR) is 93.1 cm³/mol. The number of allylic oxidation sites excluding steroid dienone is 2. The van der Waals surface area contributed by atoms with Crippen LogP contribution in [0.3, 0.4) is 0 Å². The molecule has 4 atom stereocenters. The fourth-order valence-corrected chi connectivity index (χ4v) is 3.07. The molecule has 0 aliphatic rings. The molecule has 0 aliphatic carbocycles. The van der Waals surface area contributed by atoms with Crippen LogP contribution in [0.25, 0.3) is 0 Å². The first-order chi connectivity index (χ1) is 9.78. The van der Waals surface area contributed by atoms with Gasteiger partial charge in [-0.15, -0.1) is 13.2 Å². The lowest BCUT2D eigenvalue weighted by Gasteiger charge is -2.15. The smallest absolute Gasteiger partial charge is 0.211 e. The molecule has 0 bridgehead atoms. The second-order valence-corrected chi connectivity index (χ2v) is 9.43. The van der Waals surface area contributed by atoms with Crippen molar-refractivity contribution in [1.82, 2.24) is 0 Å². The molecule has 8 heteroatoms. The van der Waals surface area contributed by atoms with Gasteiger partial charge in [0.1, 0.15) is 0 Å². The lowest BCUT2D eigenvalue weighted by molar-refractivity contribution is 0.525. The van der Waals surface area contributed by atoms with Crippen molar-refractivity contribution in [2.45, 2.75) is 51.0 Å². The summed E-state index contributed by atoms with van der Waals surface area (Å²) in [5.74, 6) is 0.0880. The Bertz CT molecular complexity index is 491. The van der Waals surface area contributed by atoms with E-state index in [0.29, 0.717) is 12.8 Å². The third kappa shape index (κ3) is 10.1. The van der Waals surface area contributed by atoms with Gasteiger partial charge in [0.15, 0.2) is 0 Å². The zero-order chi connectivity index (χ0) is 18.1. The molecule has 0 saturated heterocycles. The fourth-order valence-electron chi connectivity index (χ4n) is 1.56. The quantitative estimate of drug-likeness (QED) is 0.645. The zero-order valence-corrected chi connectivity index (χ0v) is 15.5. The SMILES string of the molecule is C=CC[C@H](C)[C@@H](C)S(N)(=O)=O.C=CC[C@H](C)[C@H](C)S(N)(=O)=O. The molecular formula is C14H30N2O4S2. The summed E-state index contributed by atoms with van der Waals surface area (Å²) >= 11 is 0. The van der Waals surface area contributed by atoms with Crippen LogP contribution in [0.5, 0.6) is 0 Å². The Morgan fingerprint density at radius 3 is 1.14 bits per heavy atom. The fraction of sp³-hybridized carbons (Fsp3) is 0.714. The first kappa shape index (κ1) is 23.6. The predicted octanol–water partition coefficient (Wildman–Crippen LogP) is 1.75. The van der Waals surface area contributed by atoms with Gasteiger partial charge in [0.2, 0.25) is 20.0 Å². The number of rotatable bonds is 8. The van der Waals surface area contributed by atoms with E-state index >= 15 is 0 Å². The van der Waals surface area contributed by atoms with E-state index in [9.17, 15) is 16.8 Å². The van der Waals surface area contributed by atoms with Crippen molar-refractivity contribution in [3.63, 3.8) is 0 Å². The number of nitrogens with two attached hydrogens (primary N) is 2. The largest absolute Gasteiger partial charge is 0.228 e. The van der Waals surface area contributed by atoms with Crippen molar-refractivity contribution < 1.29 is 16.8 Å². The molecule has 0 rings (SSSR count). The molecule has 0 radical (unpaired) electrons. The van der Waals surface area contributed by atoms with Crippen molar-refractivity contribution in [2.24, 2.45) is 22.1 Å². The van der Waals surface area contributed by atoms with Gasteiger partial charge in [0, 0.05) is 0 Å². The standard InChI is InChI=1S/2C7H15NO2S/c2*1-4-5-6(2)7(3)11(8,9)10/h2*4,6-7H,1,5H2,2-3H3,(H2,8,9,10)/t6-,7+;6-,7-/m00/s1. The molecule has 0 heterocycles. The van der Waals surface area contributed by atoms with E-state index in [-0.39, 0.29) is 11.8 Å². The van der Waals surface area contributed by atoms with Crippen LogP contribution in [0.2, 0.25) is 0 Å². The van der Waals surface area contributed by atoms with Gasteiger partial charge in [-0.2, -0.15) is 0 Å². The van der Waals surface area contributed by atoms with Gasteiger partial charge < -0.3 is 0 Å². The van der Waals surface area contributed by atoms with Gasteiger partial charge in [0.25, 0.3) is 0 Å². The number of hydrogen-bond donors (Lipinski definition) is 2. The van der Waals surface area contributed by atoms with Crippen LogP contribution in [0.1, 0.15) is 40.5 Å². The molecule has 0 aromatic heterocycles. The molecule has 0 saturated carbocycles. The Morgan fingerprint density at radius 1 is 0.773 bits per heavy atom. The van der Waals surface area contributed by atoms with Gasteiger partial charge in [-0.25, -0.2) is 27.1 Å². The molecule has 0 aromatic carbocycles. The van der Waals surface area contributed by atoms with Crippen molar-refractivity contribution >= 4 is 20.0 Å². The average molecular weight is 355 g/mol. The molecule has 4 N–H and O–H groups in total. The average Bonchev–Trinajstić information content (AvgIpc) is 2.36. The van der Waals surface area contributed by atoms with E-state index in [1.54, 1.807) is 26.0 Å². The summed E-state index contributed by atoms with van der Waals surface area (Å²) < 4.78 is 43.2. The lowest BCUT2D eigenvalue weighted by atomic mass is 10.1. The molecule has 0 unspecified atom stereocenters. The molecule has 132 valence electrons. The summed E-state index contributed by atoms with van der Waals surface area (Å²) in [5, 5.41) is 8.92. The number of hydrogen-bond acceptors (Lipinski definition) is 4. The van der Waals surface area contributed by atoms with Gasteiger partial charge in [-0.1, -0.05) is 26.0 Å². The summed E-state index contributed by atoms with van der Waals surface area (Å²) in [4.78, 5) is 0. The van der Waals surface area contributed by atoms with Gasteiger partial charge >= 0.3 is 0 Å². The third-order valence-corrected chi connectivity index (χ3v) is 6.72. The second-order valence-electron chi connectivity index (χ2n) is 5.59. The molecule has 0 fully saturated rings. The summed E-state index contributed by atoms with van der Waals surface area (Å²) in [6, 6.07) is 0. The van der Waals surface area contributed by atoms with Crippen LogP contribution in [0.15, 0.2) is 25.3 Å². The highest BCUT2D eigenvalue weighted by molar-refractivity contribution is 7.90. The van der Waals surface area contributed by atoms with E-state index < -0.39 is 30.5 Å². The Balaban J connectivity index is 0. The first-order valence-corrected chi connectivity index (χ1v) is 10.3. The Labute approximate surface area is 135 Å². The van der Waals surface area contributed by atoms with E-state index in [2.05, 4.69) is 13.2 Å². The van der Waals surface area contributed by atoms with Crippen LogP contribution in [0, 0.1) is 11.8 Å². The minimum absolute atomic E-state index is 0.0440. The summed E-state index contributed by atoms with van der Waals surface area (Å²) in [6.07, 6.45) is 4.76. The van der Waals surface area contributed by atoms with E-state index in [1.807, 2.05) is 13.8 Å². The van der Waals surface area contributed by atoms with Crippen LogP contribution in [0.4, 0.5) is 0 Å².